The molecule has 1 saturated heterocycles. The maximum absolute atomic E-state index is 12.9. The molecule has 0 saturated carbocycles. The van der Waals surface area contributed by atoms with Gasteiger partial charge in [-0.25, -0.2) is 13.2 Å². The summed E-state index contributed by atoms with van der Waals surface area (Å²) in [5.41, 5.74) is -1.01. The molecule has 1 fully saturated rings. The Morgan fingerprint density at radius 2 is 2.12 bits per heavy atom. The minimum absolute atomic E-state index is 0.0254. The van der Waals surface area contributed by atoms with E-state index in [0.29, 0.717) is 23.3 Å². The zero-order valence-corrected chi connectivity index (χ0v) is 14.7. The minimum Gasteiger partial charge on any atom is -0.379 e. The van der Waals surface area contributed by atoms with Crippen LogP contribution in [0, 0.1) is 0 Å². The molecule has 0 radical (unpaired) electrons. The van der Waals surface area contributed by atoms with E-state index in [4.69, 9.17) is 4.52 Å². The van der Waals surface area contributed by atoms with Crippen LogP contribution in [0.1, 0.15) is 25.1 Å². The first-order chi connectivity index (χ1) is 12.3. The SMILES string of the molecule is CCc1noc([C@@]2(O)CCN(S(=O)(=O)c3ccc4[nH]c(=O)[nH]c4c3)C2)n1. The van der Waals surface area contributed by atoms with Gasteiger partial charge in [-0.05, 0) is 18.2 Å². The van der Waals surface area contributed by atoms with Crippen molar-refractivity contribution in [2.24, 2.45) is 0 Å². The largest absolute Gasteiger partial charge is 0.379 e. The zero-order valence-electron chi connectivity index (χ0n) is 13.9. The highest BCUT2D eigenvalue weighted by Gasteiger charge is 2.46. The van der Waals surface area contributed by atoms with Crippen LogP contribution in [0.3, 0.4) is 0 Å². The van der Waals surface area contributed by atoms with Gasteiger partial charge in [-0.1, -0.05) is 12.1 Å². The molecule has 0 amide bonds. The Morgan fingerprint density at radius 3 is 2.85 bits per heavy atom. The average Bonchev–Trinajstić information content (AvgIpc) is 3.31. The van der Waals surface area contributed by atoms with Crippen molar-refractivity contribution in [2.75, 3.05) is 13.1 Å². The molecule has 3 N–H and O–H groups in total. The summed E-state index contributed by atoms with van der Waals surface area (Å²) in [6.07, 6.45) is 0.706. The fraction of sp³-hybridized carbons (Fsp3) is 0.400. The van der Waals surface area contributed by atoms with Gasteiger partial charge in [-0.2, -0.15) is 9.29 Å². The van der Waals surface area contributed by atoms with Crippen LogP contribution >= 0.6 is 0 Å². The van der Waals surface area contributed by atoms with Crippen LogP contribution in [0.5, 0.6) is 0 Å². The van der Waals surface area contributed by atoms with Gasteiger partial charge in [0.05, 0.1) is 22.5 Å². The summed E-state index contributed by atoms with van der Waals surface area (Å²) in [4.78, 5) is 20.6. The molecule has 0 unspecified atom stereocenters. The summed E-state index contributed by atoms with van der Waals surface area (Å²) in [5, 5.41) is 14.5. The maximum atomic E-state index is 12.9. The van der Waals surface area contributed by atoms with E-state index in [2.05, 4.69) is 20.1 Å². The highest BCUT2D eigenvalue weighted by Crippen LogP contribution is 2.34. The minimum atomic E-state index is -3.85. The Balaban J connectivity index is 1.64. The Labute approximate surface area is 147 Å². The number of H-pyrrole nitrogens is 2. The van der Waals surface area contributed by atoms with E-state index in [1.165, 1.54) is 22.5 Å². The van der Waals surface area contributed by atoms with Crippen molar-refractivity contribution in [3.8, 4) is 0 Å². The predicted molar refractivity (Wildman–Crippen MR) is 89.9 cm³/mol. The lowest BCUT2D eigenvalue weighted by Crippen LogP contribution is -2.34. The highest BCUT2D eigenvalue weighted by molar-refractivity contribution is 7.89. The molecule has 0 bridgehead atoms. The number of aromatic amines is 2. The molecule has 1 atom stereocenters. The topological polar surface area (TPSA) is 145 Å². The lowest BCUT2D eigenvalue weighted by molar-refractivity contribution is 0.0194. The van der Waals surface area contributed by atoms with Crippen LogP contribution in [0.25, 0.3) is 11.0 Å². The number of fused-ring (bicyclic) bond motifs is 1. The number of hydrogen-bond acceptors (Lipinski definition) is 7. The van der Waals surface area contributed by atoms with Gasteiger partial charge >= 0.3 is 5.69 Å². The first kappa shape index (κ1) is 16.9. The number of aryl methyl sites for hydroxylation is 1. The first-order valence-electron chi connectivity index (χ1n) is 8.09. The van der Waals surface area contributed by atoms with Crippen molar-refractivity contribution in [1.82, 2.24) is 24.4 Å². The number of imidazole rings is 1. The maximum Gasteiger partial charge on any atom is 0.323 e. The molecular weight excluding hydrogens is 362 g/mol. The van der Waals surface area contributed by atoms with E-state index in [1.54, 1.807) is 0 Å². The van der Waals surface area contributed by atoms with Gasteiger partial charge in [-0.15, -0.1) is 0 Å². The number of β-amino-alcohol motifs (C(OH)–C–C–N with tert-alkyl or cyclic N) is 1. The number of nitrogens with zero attached hydrogens (tertiary/aromatic N) is 3. The van der Waals surface area contributed by atoms with E-state index < -0.39 is 21.3 Å². The zero-order chi connectivity index (χ0) is 18.5. The molecule has 4 rings (SSSR count). The van der Waals surface area contributed by atoms with Crippen LogP contribution < -0.4 is 5.69 Å². The number of benzene rings is 1. The third-order valence-electron chi connectivity index (χ3n) is 4.52. The second-order valence-electron chi connectivity index (χ2n) is 6.28. The van der Waals surface area contributed by atoms with Crippen molar-refractivity contribution in [1.29, 1.82) is 0 Å². The number of nitrogens with one attached hydrogen (secondary N) is 2. The van der Waals surface area contributed by atoms with E-state index in [1.807, 2.05) is 6.92 Å². The molecule has 26 heavy (non-hydrogen) atoms. The summed E-state index contributed by atoms with van der Waals surface area (Å²) < 4.78 is 32.1. The van der Waals surface area contributed by atoms with E-state index >= 15 is 0 Å². The smallest absolute Gasteiger partial charge is 0.323 e. The van der Waals surface area contributed by atoms with E-state index in [0.717, 1.165) is 0 Å². The van der Waals surface area contributed by atoms with Gasteiger partial charge in [0, 0.05) is 19.4 Å². The summed E-state index contributed by atoms with van der Waals surface area (Å²) >= 11 is 0. The third-order valence-corrected chi connectivity index (χ3v) is 6.36. The van der Waals surface area contributed by atoms with Crippen molar-refractivity contribution in [3.63, 3.8) is 0 Å². The fourth-order valence-corrected chi connectivity index (χ4v) is 4.57. The molecule has 3 heterocycles. The first-order valence-corrected chi connectivity index (χ1v) is 9.53. The molecule has 11 heteroatoms. The number of hydrogen-bond donors (Lipinski definition) is 3. The number of sulfonamides is 1. The van der Waals surface area contributed by atoms with E-state index in [9.17, 15) is 18.3 Å². The molecule has 2 aromatic heterocycles. The normalized spacial score (nSPS) is 21.6. The molecule has 3 aromatic rings. The van der Waals surface area contributed by atoms with Gasteiger partial charge in [0.15, 0.2) is 11.4 Å². The lowest BCUT2D eigenvalue weighted by Gasteiger charge is -2.19. The Hall–Kier alpha value is -2.50. The Bertz CT molecular complexity index is 1130. The number of aromatic nitrogens is 4. The highest BCUT2D eigenvalue weighted by atomic mass is 32.2. The van der Waals surface area contributed by atoms with Gasteiger partial charge in [0.2, 0.25) is 10.0 Å². The second-order valence-corrected chi connectivity index (χ2v) is 8.21. The Morgan fingerprint density at radius 1 is 1.35 bits per heavy atom. The summed E-state index contributed by atoms with van der Waals surface area (Å²) in [6, 6.07) is 4.33. The van der Waals surface area contributed by atoms with Crippen LogP contribution in [-0.4, -0.2) is 51.0 Å². The van der Waals surface area contributed by atoms with Crippen molar-refractivity contribution >= 4 is 21.1 Å². The number of aliphatic hydroxyl groups is 1. The molecule has 0 spiro atoms. The standard InChI is InChI=1S/C15H17N5O5S/c1-2-12-18-13(25-19-12)15(22)5-6-20(8-15)26(23,24)9-3-4-10-11(7-9)17-14(21)16-10/h3-4,7,22H,2,5-6,8H2,1H3,(H2,16,17,21)/t15-/m1/s1. The molecule has 1 aromatic carbocycles. The van der Waals surface area contributed by atoms with Crippen LogP contribution in [0.2, 0.25) is 0 Å². The van der Waals surface area contributed by atoms with Gasteiger partial charge < -0.3 is 19.6 Å². The van der Waals surface area contributed by atoms with Gasteiger partial charge in [0.25, 0.3) is 5.89 Å². The molecule has 0 aliphatic carbocycles. The average molecular weight is 379 g/mol. The van der Waals surface area contributed by atoms with Gasteiger partial charge in [-0.3, -0.25) is 0 Å². The summed E-state index contributed by atoms with van der Waals surface area (Å²) in [6.45, 7) is 1.79. The second kappa shape index (κ2) is 5.76. The molecule has 1 aliphatic heterocycles. The van der Waals surface area contributed by atoms with Crippen molar-refractivity contribution < 1.29 is 18.0 Å². The van der Waals surface area contributed by atoms with Gasteiger partial charge in [0.1, 0.15) is 0 Å². The predicted octanol–water partition coefficient (Wildman–Crippen LogP) is 0.0838. The number of rotatable bonds is 4. The molecule has 10 nitrogen and oxygen atoms in total. The summed E-state index contributed by atoms with van der Waals surface area (Å²) in [5.74, 6) is 0.481. The van der Waals surface area contributed by atoms with Crippen molar-refractivity contribution in [3.05, 3.63) is 40.4 Å². The Kier molecular flexibility index (Phi) is 3.75. The quantitative estimate of drug-likeness (QED) is 0.582. The monoisotopic (exact) mass is 379 g/mol. The third kappa shape index (κ3) is 2.64. The summed E-state index contributed by atoms with van der Waals surface area (Å²) in [7, 11) is -3.85. The van der Waals surface area contributed by atoms with Crippen LogP contribution in [0.15, 0.2) is 32.4 Å². The van der Waals surface area contributed by atoms with Crippen LogP contribution in [0.4, 0.5) is 0 Å². The molecular formula is C15H17N5O5S. The fourth-order valence-electron chi connectivity index (χ4n) is 3.05. The van der Waals surface area contributed by atoms with Crippen LogP contribution in [-0.2, 0) is 22.0 Å². The van der Waals surface area contributed by atoms with E-state index in [-0.39, 0.29) is 30.3 Å². The molecule has 1 aliphatic rings. The van der Waals surface area contributed by atoms with Crippen molar-refractivity contribution in [2.45, 2.75) is 30.3 Å². The lowest BCUT2D eigenvalue weighted by atomic mass is 10.0. The molecule has 138 valence electrons.